The highest BCUT2D eigenvalue weighted by Crippen LogP contribution is 2.36. The summed E-state index contributed by atoms with van der Waals surface area (Å²) in [5.41, 5.74) is 1.54. The van der Waals surface area contributed by atoms with E-state index in [4.69, 9.17) is 4.74 Å². The molecule has 0 N–H and O–H groups in total. The predicted molar refractivity (Wildman–Crippen MR) is 121 cm³/mol. The number of methoxy groups -OCH3 is 1. The maximum atomic E-state index is 13.6. The van der Waals surface area contributed by atoms with Crippen LogP contribution >= 0.6 is 0 Å². The molecule has 0 saturated carbocycles. The van der Waals surface area contributed by atoms with E-state index >= 15 is 0 Å². The van der Waals surface area contributed by atoms with Crippen molar-refractivity contribution >= 4 is 21.4 Å². The van der Waals surface area contributed by atoms with Crippen LogP contribution in [0.2, 0.25) is 0 Å². The van der Waals surface area contributed by atoms with Crippen LogP contribution in [0.4, 0.5) is 11.4 Å². The number of hydrogen-bond acceptors (Lipinski definition) is 5. The van der Waals surface area contributed by atoms with E-state index < -0.39 is 10.0 Å². The summed E-state index contributed by atoms with van der Waals surface area (Å²) in [7, 11) is 1.91. The minimum Gasteiger partial charge on any atom is -0.497 e. The number of nitrogens with zero attached hydrogens (tertiary/aromatic N) is 3. The van der Waals surface area contributed by atoms with E-state index in [2.05, 4.69) is 23.6 Å². The number of anilines is 2. The van der Waals surface area contributed by atoms with Crippen LogP contribution in [-0.4, -0.2) is 60.7 Å². The summed E-state index contributed by atoms with van der Waals surface area (Å²) in [5, 5.41) is 0. The third-order valence-corrected chi connectivity index (χ3v) is 6.68. The molecule has 2 aromatic rings. The van der Waals surface area contributed by atoms with Crippen LogP contribution in [0.5, 0.6) is 5.75 Å². The highest BCUT2D eigenvalue weighted by molar-refractivity contribution is 7.92. The van der Waals surface area contributed by atoms with Gasteiger partial charge in [0.15, 0.2) is 0 Å². The molecule has 0 bridgehead atoms. The van der Waals surface area contributed by atoms with Gasteiger partial charge in [-0.25, -0.2) is 8.42 Å². The fourth-order valence-electron chi connectivity index (χ4n) is 3.28. The lowest BCUT2D eigenvalue weighted by Gasteiger charge is -2.31. The van der Waals surface area contributed by atoms with Crippen LogP contribution in [0.3, 0.4) is 0 Å². The SMILES string of the molecule is CCN(CC)c1cc(OC)ccc1N(CCCN(C)C)S(=O)(=O)c1ccccc1. The third kappa shape index (κ3) is 5.64. The Morgan fingerprint density at radius 3 is 2.10 bits per heavy atom. The molecule has 6 nitrogen and oxygen atoms in total. The van der Waals surface area contributed by atoms with Gasteiger partial charge in [0, 0.05) is 25.7 Å². The molecule has 7 heteroatoms. The van der Waals surface area contributed by atoms with Gasteiger partial charge in [-0.1, -0.05) is 18.2 Å². The quantitative estimate of drug-likeness (QED) is 0.556. The summed E-state index contributed by atoms with van der Waals surface area (Å²) in [6.45, 7) is 6.87. The second-order valence-corrected chi connectivity index (χ2v) is 8.94. The Kier molecular flexibility index (Phi) is 8.34. The Morgan fingerprint density at radius 2 is 1.55 bits per heavy atom. The topological polar surface area (TPSA) is 53.1 Å². The molecule has 29 heavy (non-hydrogen) atoms. The second-order valence-electron chi connectivity index (χ2n) is 7.07. The van der Waals surface area contributed by atoms with Crippen molar-refractivity contribution in [3.05, 3.63) is 48.5 Å². The summed E-state index contributed by atoms with van der Waals surface area (Å²) >= 11 is 0. The van der Waals surface area contributed by atoms with Gasteiger partial charge in [-0.15, -0.1) is 0 Å². The molecule has 0 heterocycles. The molecule has 0 amide bonds. The van der Waals surface area contributed by atoms with Gasteiger partial charge in [-0.05, 0) is 65.2 Å². The fourth-order valence-corrected chi connectivity index (χ4v) is 4.82. The van der Waals surface area contributed by atoms with Gasteiger partial charge in [0.2, 0.25) is 0 Å². The van der Waals surface area contributed by atoms with Gasteiger partial charge in [-0.2, -0.15) is 0 Å². The lowest BCUT2D eigenvalue weighted by atomic mass is 10.2. The van der Waals surface area contributed by atoms with E-state index in [-0.39, 0.29) is 0 Å². The van der Waals surface area contributed by atoms with Gasteiger partial charge in [0.05, 0.1) is 23.4 Å². The van der Waals surface area contributed by atoms with Crippen LogP contribution in [0.15, 0.2) is 53.4 Å². The first-order chi connectivity index (χ1) is 13.8. The molecule has 0 aliphatic rings. The Balaban J connectivity index is 2.59. The monoisotopic (exact) mass is 419 g/mol. The average molecular weight is 420 g/mol. The number of sulfonamides is 1. The first-order valence-electron chi connectivity index (χ1n) is 10.0. The first kappa shape index (κ1) is 23.0. The Hall–Kier alpha value is -2.25. The molecule has 0 fully saturated rings. The lowest BCUT2D eigenvalue weighted by molar-refractivity contribution is 0.403. The van der Waals surface area contributed by atoms with Crippen LogP contribution < -0.4 is 13.9 Å². The van der Waals surface area contributed by atoms with Crippen molar-refractivity contribution in [1.82, 2.24) is 4.90 Å². The van der Waals surface area contributed by atoms with Crippen LogP contribution in [0, 0.1) is 0 Å². The highest BCUT2D eigenvalue weighted by atomic mass is 32.2. The fraction of sp³-hybridized carbons (Fsp3) is 0.455. The van der Waals surface area contributed by atoms with E-state index in [9.17, 15) is 8.42 Å². The number of hydrogen-bond donors (Lipinski definition) is 0. The molecular formula is C22H33N3O3S. The van der Waals surface area contributed by atoms with Crippen molar-refractivity contribution in [2.45, 2.75) is 25.2 Å². The molecule has 160 valence electrons. The second kappa shape index (κ2) is 10.5. The van der Waals surface area contributed by atoms with Crippen molar-refractivity contribution in [2.75, 3.05) is 56.6 Å². The van der Waals surface area contributed by atoms with E-state index in [1.165, 1.54) is 0 Å². The molecule has 2 aromatic carbocycles. The number of ether oxygens (including phenoxy) is 1. The van der Waals surface area contributed by atoms with E-state index in [1.54, 1.807) is 35.7 Å². The van der Waals surface area contributed by atoms with Gasteiger partial charge < -0.3 is 14.5 Å². The maximum absolute atomic E-state index is 13.6. The predicted octanol–water partition coefficient (Wildman–Crippen LogP) is 3.69. The van der Waals surface area contributed by atoms with Crippen molar-refractivity contribution in [3.63, 3.8) is 0 Å². The molecule has 0 aromatic heterocycles. The Labute approximate surface area is 175 Å². The Bertz CT molecular complexity index is 866. The van der Waals surface area contributed by atoms with Crippen LogP contribution in [-0.2, 0) is 10.0 Å². The van der Waals surface area contributed by atoms with Crippen LogP contribution in [0.25, 0.3) is 0 Å². The molecule has 0 atom stereocenters. The number of rotatable bonds is 11. The minimum atomic E-state index is -3.70. The molecular weight excluding hydrogens is 386 g/mol. The van der Waals surface area contributed by atoms with E-state index in [0.29, 0.717) is 22.9 Å². The molecule has 0 spiro atoms. The molecule has 0 radical (unpaired) electrons. The maximum Gasteiger partial charge on any atom is 0.264 e. The number of benzene rings is 2. The summed E-state index contributed by atoms with van der Waals surface area (Å²) in [6.07, 6.45) is 0.725. The summed E-state index contributed by atoms with van der Waals surface area (Å²) in [5.74, 6) is 0.709. The van der Waals surface area contributed by atoms with Crippen molar-refractivity contribution in [2.24, 2.45) is 0 Å². The lowest BCUT2D eigenvalue weighted by Crippen LogP contribution is -2.35. The van der Waals surface area contributed by atoms with Gasteiger partial charge in [-0.3, -0.25) is 4.31 Å². The third-order valence-electron chi connectivity index (χ3n) is 4.85. The van der Waals surface area contributed by atoms with Gasteiger partial charge in [0.25, 0.3) is 10.0 Å². The van der Waals surface area contributed by atoms with E-state index in [0.717, 1.165) is 31.7 Å². The smallest absolute Gasteiger partial charge is 0.264 e. The zero-order valence-corrected chi connectivity index (χ0v) is 18.9. The largest absolute Gasteiger partial charge is 0.497 e. The van der Waals surface area contributed by atoms with Gasteiger partial charge in [0.1, 0.15) is 5.75 Å². The Morgan fingerprint density at radius 1 is 0.897 bits per heavy atom. The zero-order valence-electron chi connectivity index (χ0n) is 18.1. The summed E-state index contributed by atoms with van der Waals surface area (Å²) < 4.78 is 34.1. The molecule has 0 aliphatic heterocycles. The van der Waals surface area contributed by atoms with Gasteiger partial charge >= 0.3 is 0 Å². The molecule has 0 unspecified atom stereocenters. The summed E-state index contributed by atoms with van der Waals surface area (Å²) in [6, 6.07) is 14.2. The van der Waals surface area contributed by atoms with E-state index in [1.807, 2.05) is 38.4 Å². The molecule has 0 aliphatic carbocycles. The molecule has 0 saturated heterocycles. The average Bonchev–Trinajstić information content (AvgIpc) is 2.72. The van der Waals surface area contributed by atoms with Crippen molar-refractivity contribution < 1.29 is 13.2 Å². The summed E-state index contributed by atoms with van der Waals surface area (Å²) in [4.78, 5) is 4.51. The normalized spacial score (nSPS) is 11.5. The van der Waals surface area contributed by atoms with Crippen molar-refractivity contribution in [1.29, 1.82) is 0 Å². The zero-order chi connectivity index (χ0) is 21.4. The highest BCUT2D eigenvalue weighted by Gasteiger charge is 2.28. The minimum absolute atomic E-state index is 0.297. The first-order valence-corrected chi connectivity index (χ1v) is 11.4. The standard InChI is InChI=1S/C22H33N3O3S/c1-6-24(7-2)22-18-19(28-5)14-15-21(22)25(17-11-16-23(3)4)29(26,27)20-12-9-8-10-13-20/h8-10,12-15,18H,6-7,11,16-17H2,1-5H3. The molecule has 2 rings (SSSR count). The van der Waals surface area contributed by atoms with Crippen molar-refractivity contribution in [3.8, 4) is 5.75 Å². The van der Waals surface area contributed by atoms with Crippen LogP contribution in [0.1, 0.15) is 20.3 Å².